The van der Waals surface area contributed by atoms with E-state index >= 15 is 0 Å². The molecule has 0 aromatic carbocycles. The molecule has 5 nitrogen and oxygen atoms in total. The Morgan fingerprint density at radius 3 is 2.57 bits per heavy atom. The van der Waals surface area contributed by atoms with Gasteiger partial charge in [0.05, 0.1) is 18.6 Å². The first kappa shape index (κ1) is 16.2. The largest absolute Gasteiger partial charge is 0.498 e. The van der Waals surface area contributed by atoms with Crippen molar-refractivity contribution in [2.75, 3.05) is 31.1 Å². The summed E-state index contributed by atoms with van der Waals surface area (Å²) in [7, 11) is 0. The SMILES string of the molecule is CC(C)(C)[N+]1(C(=O)[O-])CCCN(c2ccc(Br)cn2)CC1. The minimum absolute atomic E-state index is 0.0000278. The number of quaternary nitrogens is 1. The van der Waals surface area contributed by atoms with Crippen LogP contribution in [0.25, 0.3) is 0 Å². The number of rotatable bonds is 1. The van der Waals surface area contributed by atoms with E-state index in [9.17, 15) is 9.90 Å². The number of hydrogen-bond donors (Lipinski definition) is 0. The van der Waals surface area contributed by atoms with E-state index in [2.05, 4.69) is 25.8 Å². The van der Waals surface area contributed by atoms with Gasteiger partial charge in [-0.05, 0) is 48.8 Å². The second kappa shape index (κ2) is 5.93. The summed E-state index contributed by atoms with van der Waals surface area (Å²) >= 11 is 3.38. The Morgan fingerprint density at radius 2 is 2.05 bits per heavy atom. The summed E-state index contributed by atoms with van der Waals surface area (Å²) in [5.74, 6) is 0.894. The Balaban J connectivity index is 2.21. The number of aromatic nitrogens is 1. The van der Waals surface area contributed by atoms with Crippen molar-refractivity contribution in [2.45, 2.75) is 32.7 Å². The minimum atomic E-state index is -0.979. The van der Waals surface area contributed by atoms with Gasteiger partial charge in [0.15, 0.2) is 0 Å². The zero-order valence-electron chi connectivity index (χ0n) is 12.8. The average molecular weight is 356 g/mol. The van der Waals surface area contributed by atoms with Crippen LogP contribution in [0.1, 0.15) is 27.2 Å². The van der Waals surface area contributed by atoms with Crippen LogP contribution in [0.3, 0.4) is 0 Å². The molecule has 0 bridgehead atoms. The number of nitrogens with zero attached hydrogens (tertiary/aromatic N) is 3. The van der Waals surface area contributed by atoms with Gasteiger partial charge in [0.1, 0.15) is 12.4 Å². The molecule has 1 fully saturated rings. The lowest BCUT2D eigenvalue weighted by Gasteiger charge is -2.47. The lowest BCUT2D eigenvalue weighted by Crippen LogP contribution is -2.68. The van der Waals surface area contributed by atoms with Crippen LogP contribution < -0.4 is 10.0 Å². The third kappa shape index (κ3) is 3.21. The molecule has 1 amide bonds. The van der Waals surface area contributed by atoms with Gasteiger partial charge in [0.25, 0.3) is 6.09 Å². The van der Waals surface area contributed by atoms with Gasteiger partial charge in [-0.3, -0.25) is 4.48 Å². The lowest BCUT2D eigenvalue weighted by atomic mass is 10.0. The van der Waals surface area contributed by atoms with Crippen molar-refractivity contribution in [2.24, 2.45) is 0 Å². The maximum atomic E-state index is 11.8. The highest BCUT2D eigenvalue weighted by Crippen LogP contribution is 2.28. The molecule has 1 aromatic heterocycles. The van der Waals surface area contributed by atoms with Gasteiger partial charge < -0.3 is 14.8 Å². The number of halogens is 1. The molecule has 0 spiro atoms. The van der Waals surface area contributed by atoms with Gasteiger partial charge in [0, 0.05) is 23.6 Å². The van der Waals surface area contributed by atoms with Crippen molar-refractivity contribution in [3.8, 4) is 0 Å². The van der Waals surface area contributed by atoms with Crippen LogP contribution in [0.4, 0.5) is 10.6 Å². The molecule has 1 aliphatic heterocycles. The molecular formula is C15H22BrN3O2. The maximum Gasteiger partial charge on any atom is 0.257 e. The maximum absolute atomic E-state index is 11.8. The van der Waals surface area contributed by atoms with Gasteiger partial charge in [-0.1, -0.05) is 0 Å². The molecule has 0 N–H and O–H groups in total. The first-order valence-electron chi connectivity index (χ1n) is 7.21. The first-order valence-corrected chi connectivity index (χ1v) is 8.01. The number of amides is 1. The Kier molecular flexibility index (Phi) is 4.58. The number of carbonyl (C=O) groups excluding carboxylic acids is 1. The molecular weight excluding hydrogens is 334 g/mol. The predicted molar refractivity (Wildman–Crippen MR) is 83.9 cm³/mol. The van der Waals surface area contributed by atoms with Gasteiger partial charge in [0.2, 0.25) is 0 Å². The summed E-state index contributed by atoms with van der Waals surface area (Å²) in [6.07, 6.45) is 1.60. The smallest absolute Gasteiger partial charge is 0.257 e. The Morgan fingerprint density at radius 1 is 1.33 bits per heavy atom. The lowest BCUT2D eigenvalue weighted by molar-refractivity contribution is -0.917. The van der Waals surface area contributed by atoms with E-state index in [-0.39, 0.29) is 10.0 Å². The van der Waals surface area contributed by atoms with E-state index in [4.69, 9.17) is 0 Å². The topological polar surface area (TPSA) is 56.3 Å². The summed E-state index contributed by atoms with van der Waals surface area (Å²) in [5.41, 5.74) is -0.373. The van der Waals surface area contributed by atoms with E-state index in [1.165, 1.54) is 0 Å². The van der Waals surface area contributed by atoms with E-state index in [1.54, 1.807) is 6.20 Å². The highest BCUT2D eigenvalue weighted by Gasteiger charge is 2.43. The van der Waals surface area contributed by atoms with Crippen LogP contribution in [-0.4, -0.2) is 47.3 Å². The van der Waals surface area contributed by atoms with Crippen molar-refractivity contribution in [3.63, 3.8) is 0 Å². The van der Waals surface area contributed by atoms with Gasteiger partial charge in [-0.25, -0.2) is 4.98 Å². The predicted octanol–water partition coefficient (Wildman–Crippen LogP) is 2.01. The summed E-state index contributed by atoms with van der Waals surface area (Å²) < 4.78 is 0.940. The molecule has 1 atom stereocenters. The van der Waals surface area contributed by atoms with Crippen molar-refractivity contribution < 1.29 is 14.4 Å². The van der Waals surface area contributed by atoms with Gasteiger partial charge in [-0.15, -0.1) is 0 Å². The summed E-state index contributed by atoms with van der Waals surface area (Å²) in [6, 6.07) is 3.91. The molecule has 1 aromatic rings. The van der Waals surface area contributed by atoms with Crippen molar-refractivity contribution >= 4 is 27.8 Å². The number of carbonyl (C=O) groups is 1. The summed E-state index contributed by atoms with van der Waals surface area (Å²) in [5, 5.41) is 11.8. The van der Waals surface area contributed by atoms with Gasteiger partial charge >= 0.3 is 0 Å². The zero-order valence-corrected chi connectivity index (χ0v) is 14.4. The molecule has 0 radical (unpaired) electrons. The van der Waals surface area contributed by atoms with Crippen molar-refractivity contribution in [1.29, 1.82) is 0 Å². The van der Waals surface area contributed by atoms with Crippen LogP contribution in [0, 0.1) is 0 Å². The Hall–Kier alpha value is -1.14. The molecule has 2 heterocycles. The van der Waals surface area contributed by atoms with Crippen molar-refractivity contribution in [1.82, 2.24) is 4.98 Å². The van der Waals surface area contributed by atoms with Crippen LogP contribution in [0.5, 0.6) is 0 Å². The molecule has 21 heavy (non-hydrogen) atoms. The van der Waals surface area contributed by atoms with E-state index in [1.807, 2.05) is 32.9 Å². The number of anilines is 1. The fraction of sp³-hybridized carbons (Fsp3) is 0.600. The summed E-state index contributed by atoms with van der Waals surface area (Å²) in [6.45, 7) is 8.52. The fourth-order valence-electron chi connectivity index (χ4n) is 2.96. The molecule has 2 rings (SSSR count). The van der Waals surface area contributed by atoms with Crippen LogP contribution in [0.15, 0.2) is 22.8 Å². The summed E-state index contributed by atoms with van der Waals surface area (Å²) in [4.78, 5) is 18.3. The minimum Gasteiger partial charge on any atom is -0.498 e. The van der Waals surface area contributed by atoms with Crippen LogP contribution in [0.2, 0.25) is 0 Å². The second-order valence-electron chi connectivity index (χ2n) is 6.53. The third-order valence-electron chi connectivity index (χ3n) is 4.39. The molecule has 1 unspecified atom stereocenters. The Labute approximate surface area is 134 Å². The van der Waals surface area contributed by atoms with E-state index in [0.29, 0.717) is 19.6 Å². The molecule has 1 saturated heterocycles. The highest BCUT2D eigenvalue weighted by molar-refractivity contribution is 9.10. The molecule has 6 heteroatoms. The quantitative estimate of drug-likeness (QED) is 0.723. The van der Waals surface area contributed by atoms with E-state index < -0.39 is 6.09 Å². The number of hydrogen-bond acceptors (Lipinski definition) is 4. The molecule has 0 aliphatic carbocycles. The van der Waals surface area contributed by atoms with Gasteiger partial charge in [-0.2, -0.15) is 0 Å². The Bertz CT molecular complexity index is 513. The molecule has 1 aliphatic rings. The normalized spacial score (nSPS) is 23.7. The van der Waals surface area contributed by atoms with Crippen molar-refractivity contribution in [3.05, 3.63) is 22.8 Å². The zero-order chi connectivity index (χ0) is 15.7. The number of carboxylic acid groups (broad SMARTS) is 1. The molecule has 0 saturated carbocycles. The highest BCUT2D eigenvalue weighted by atomic mass is 79.9. The fourth-order valence-corrected chi connectivity index (χ4v) is 3.19. The average Bonchev–Trinajstić information content (AvgIpc) is 2.62. The molecule has 116 valence electrons. The van der Waals surface area contributed by atoms with E-state index in [0.717, 1.165) is 23.3 Å². The number of pyridine rings is 1. The monoisotopic (exact) mass is 355 g/mol. The first-order chi connectivity index (χ1) is 9.76. The second-order valence-corrected chi connectivity index (χ2v) is 7.44. The van der Waals surface area contributed by atoms with Crippen LogP contribution in [-0.2, 0) is 0 Å². The third-order valence-corrected chi connectivity index (χ3v) is 4.86. The van der Waals surface area contributed by atoms with Crippen LogP contribution >= 0.6 is 15.9 Å². The standard InChI is InChI=1S/C15H22BrN3O2/c1-15(2,3)19(14(20)21)9-4-7-18(8-10-19)13-6-5-12(16)11-17-13/h5-6,11H,4,7-10H2,1-3H3.